The smallest absolute Gasteiger partial charge is 0.335 e. The average molecular weight is 339 g/mol. The van der Waals surface area contributed by atoms with Crippen LogP contribution in [-0.4, -0.2) is 47.5 Å². The van der Waals surface area contributed by atoms with Crippen molar-refractivity contribution in [1.29, 1.82) is 0 Å². The maximum atomic E-state index is 13.0. The van der Waals surface area contributed by atoms with E-state index in [2.05, 4.69) is 0 Å². The molecule has 8 heteroatoms. The number of sulfonamides is 1. The molecule has 124 valence electrons. The lowest BCUT2D eigenvalue weighted by molar-refractivity contribution is -0.140. The molecular weight excluding hydrogens is 322 g/mol. The van der Waals surface area contributed by atoms with E-state index in [0.717, 1.165) is 16.3 Å². The molecule has 1 atom stereocenters. The Hall–Kier alpha value is -1.93. The molecule has 23 heavy (non-hydrogen) atoms. The summed E-state index contributed by atoms with van der Waals surface area (Å²) in [5.41, 5.74) is 1.29. The van der Waals surface area contributed by atoms with E-state index in [-0.39, 0.29) is 23.4 Å². The summed E-state index contributed by atoms with van der Waals surface area (Å²) in [7, 11) is -4.02. The van der Waals surface area contributed by atoms with Crippen LogP contribution in [-0.2, 0) is 27.7 Å². The van der Waals surface area contributed by atoms with Crippen molar-refractivity contribution in [3.8, 4) is 0 Å². The highest BCUT2D eigenvalue weighted by atomic mass is 32.2. The fourth-order valence-corrected chi connectivity index (χ4v) is 5.39. The normalized spacial score (nSPS) is 21.3. The number of benzene rings is 1. The number of aryl methyl sites for hydroxylation is 1. The molecule has 2 N–H and O–H groups in total. The second-order valence-electron chi connectivity index (χ2n) is 5.88. The van der Waals surface area contributed by atoms with Gasteiger partial charge >= 0.3 is 11.9 Å². The minimum atomic E-state index is -4.02. The third kappa shape index (κ3) is 2.61. The first kappa shape index (κ1) is 15.9. The van der Waals surface area contributed by atoms with Crippen molar-refractivity contribution in [2.45, 2.75) is 43.0 Å². The Balaban J connectivity index is 2.13. The lowest BCUT2D eigenvalue weighted by atomic mass is 10.1. The summed E-state index contributed by atoms with van der Waals surface area (Å²) in [6.45, 7) is 0.144. The van der Waals surface area contributed by atoms with Gasteiger partial charge in [0.1, 0.15) is 6.04 Å². The molecule has 2 aliphatic rings. The summed E-state index contributed by atoms with van der Waals surface area (Å²) in [5.74, 6) is -2.36. The highest BCUT2D eigenvalue weighted by Crippen LogP contribution is 2.34. The van der Waals surface area contributed by atoms with Crippen molar-refractivity contribution in [2.24, 2.45) is 0 Å². The molecule has 1 aromatic rings. The van der Waals surface area contributed by atoms with Gasteiger partial charge in [0.15, 0.2) is 0 Å². The molecule has 1 aliphatic carbocycles. The standard InChI is InChI=1S/C15H17NO6S/c17-14(18)10-7-9-3-1-4-11(9)13(8-10)23(21,22)16-6-2-5-12(16)15(19)20/h7-8,12H,1-6H2,(H,17,18)(H,19,20)/t12-/m0/s1. The van der Waals surface area contributed by atoms with Gasteiger partial charge in [0.05, 0.1) is 10.5 Å². The number of carboxylic acid groups (broad SMARTS) is 2. The zero-order chi connectivity index (χ0) is 16.8. The largest absolute Gasteiger partial charge is 0.480 e. The number of hydrogen-bond acceptors (Lipinski definition) is 4. The highest BCUT2D eigenvalue weighted by molar-refractivity contribution is 7.89. The van der Waals surface area contributed by atoms with Crippen molar-refractivity contribution in [3.05, 3.63) is 28.8 Å². The van der Waals surface area contributed by atoms with Gasteiger partial charge in [0.25, 0.3) is 0 Å². The molecule has 0 spiro atoms. The van der Waals surface area contributed by atoms with Gasteiger partial charge < -0.3 is 10.2 Å². The summed E-state index contributed by atoms with van der Waals surface area (Å²) in [6, 6.07) is 1.60. The lowest BCUT2D eigenvalue weighted by Gasteiger charge is -2.22. The van der Waals surface area contributed by atoms with Gasteiger partial charge in [-0.15, -0.1) is 0 Å². The lowest BCUT2D eigenvalue weighted by Crippen LogP contribution is -2.40. The van der Waals surface area contributed by atoms with Gasteiger partial charge in [-0.2, -0.15) is 4.31 Å². The SMILES string of the molecule is O=C(O)c1cc2c(c(S(=O)(=O)N3CCC[C@H]3C(=O)O)c1)CCC2. The van der Waals surface area contributed by atoms with E-state index < -0.39 is 28.0 Å². The molecule has 0 radical (unpaired) electrons. The molecule has 0 amide bonds. The van der Waals surface area contributed by atoms with Gasteiger partial charge in [-0.25, -0.2) is 13.2 Å². The van der Waals surface area contributed by atoms with Crippen LogP contribution < -0.4 is 0 Å². The monoisotopic (exact) mass is 339 g/mol. The molecule has 1 aromatic carbocycles. The molecule has 3 rings (SSSR count). The average Bonchev–Trinajstić information content (AvgIpc) is 3.14. The highest BCUT2D eigenvalue weighted by Gasteiger charge is 2.41. The zero-order valence-corrected chi connectivity index (χ0v) is 13.2. The second kappa shape index (κ2) is 5.61. The van der Waals surface area contributed by atoms with Gasteiger partial charge in [0, 0.05) is 6.54 Å². The number of rotatable bonds is 4. The van der Waals surface area contributed by atoms with Crippen LogP contribution in [0, 0.1) is 0 Å². The van der Waals surface area contributed by atoms with Crippen LogP contribution in [0.2, 0.25) is 0 Å². The molecule has 0 unspecified atom stereocenters. The molecule has 1 heterocycles. The van der Waals surface area contributed by atoms with Gasteiger partial charge in [-0.1, -0.05) is 0 Å². The van der Waals surface area contributed by atoms with Crippen LogP contribution in [0.25, 0.3) is 0 Å². The number of aromatic carboxylic acids is 1. The van der Waals surface area contributed by atoms with Crippen LogP contribution in [0.4, 0.5) is 0 Å². The second-order valence-corrected chi connectivity index (χ2v) is 7.74. The number of nitrogens with zero attached hydrogens (tertiary/aromatic N) is 1. The number of fused-ring (bicyclic) bond motifs is 1. The van der Waals surface area contributed by atoms with E-state index in [0.29, 0.717) is 24.8 Å². The molecule has 0 bridgehead atoms. The molecule has 1 saturated heterocycles. The maximum Gasteiger partial charge on any atom is 0.335 e. The predicted molar refractivity (Wildman–Crippen MR) is 80.0 cm³/mol. The third-order valence-corrected chi connectivity index (χ3v) is 6.47. The summed E-state index contributed by atoms with van der Waals surface area (Å²) in [6.07, 6.45) is 2.73. The number of carbonyl (C=O) groups is 2. The maximum absolute atomic E-state index is 13.0. The quantitative estimate of drug-likeness (QED) is 0.850. The Bertz CT molecular complexity index is 785. The number of aliphatic carboxylic acids is 1. The minimum absolute atomic E-state index is 0.0435. The molecule has 0 aromatic heterocycles. The van der Waals surface area contributed by atoms with Crippen LogP contribution in [0.5, 0.6) is 0 Å². The van der Waals surface area contributed by atoms with Crippen molar-refractivity contribution >= 4 is 22.0 Å². The van der Waals surface area contributed by atoms with Crippen molar-refractivity contribution < 1.29 is 28.2 Å². The zero-order valence-electron chi connectivity index (χ0n) is 12.4. The predicted octanol–water partition coefficient (Wildman–Crippen LogP) is 1.11. The van der Waals surface area contributed by atoms with E-state index >= 15 is 0 Å². The van der Waals surface area contributed by atoms with E-state index in [4.69, 9.17) is 0 Å². The van der Waals surface area contributed by atoms with E-state index in [1.54, 1.807) is 0 Å². The number of carboxylic acids is 2. The van der Waals surface area contributed by atoms with Crippen molar-refractivity contribution in [2.75, 3.05) is 6.54 Å². The topological polar surface area (TPSA) is 112 Å². The Kier molecular flexibility index (Phi) is 3.89. The molecular formula is C15H17NO6S. The van der Waals surface area contributed by atoms with E-state index in [1.165, 1.54) is 12.1 Å². The first-order valence-corrected chi connectivity index (χ1v) is 8.90. The van der Waals surface area contributed by atoms with E-state index in [1.807, 2.05) is 0 Å². The molecule has 1 fully saturated rings. The minimum Gasteiger partial charge on any atom is -0.480 e. The Morgan fingerprint density at radius 1 is 1.13 bits per heavy atom. The fourth-order valence-electron chi connectivity index (χ4n) is 3.42. The van der Waals surface area contributed by atoms with Gasteiger partial charge in [-0.3, -0.25) is 4.79 Å². The van der Waals surface area contributed by atoms with E-state index in [9.17, 15) is 28.2 Å². The van der Waals surface area contributed by atoms with Crippen LogP contribution >= 0.6 is 0 Å². The first-order chi connectivity index (χ1) is 10.8. The van der Waals surface area contributed by atoms with Crippen LogP contribution in [0.3, 0.4) is 0 Å². The van der Waals surface area contributed by atoms with Crippen molar-refractivity contribution in [1.82, 2.24) is 4.31 Å². The van der Waals surface area contributed by atoms with Crippen LogP contribution in [0.15, 0.2) is 17.0 Å². The van der Waals surface area contributed by atoms with Crippen molar-refractivity contribution in [3.63, 3.8) is 0 Å². The molecule has 7 nitrogen and oxygen atoms in total. The third-order valence-electron chi connectivity index (χ3n) is 4.50. The van der Waals surface area contributed by atoms with Crippen LogP contribution in [0.1, 0.15) is 40.7 Å². The molecule has 1 aliphatic heterocycles. The summed E-state index contributed by atoms with van der Waals surface area (Å²) in [4.78, 5) is 22.5. The summed E-state index contributed by atoms with van der Waals surface area (Å²) in [5, 5.41) is 18.4. The Morgan fingerprint density at radius 2 is 1.87 bits per heavy atom. The first-order valence-electron chi connectivity index (χ1n) is 7.46. The summed E-state index contributed by atoms with van der Waals surface area (Å²) < 4.78 is 26.9. The van der Waals surface area contributed by atoms with Gasteiger partial charge in [0.2, 0.25) is 10.0 Å². The Labute approximate surface area is 133 Å². The Morgan fingerprint density at radius 3 is 2.52 bits per heavy atom. The summed E-state index contributed by atoms with van der Waals surface area (Å²) >= 11 is 0. The number of hydrogen-bond donors (Lipinski definition) is 2. The molecule has 0 saturated carbocycles. The van der Waals surface area contributed by atoms with Gasteiger partial charge in [-0.05, 0) is 55.4 Å². The fraction of sp³-hybridized carbons (Fsp3) is 0.467.